The third-order valence-electron chi connectivity index (χ3n) is 2.54. The second-order valence-corrected chi connectivity index (χ2v) is 4.20. The first-order valence-corrected chi connectivity index (χ1v) is 5.93. The van der Waals surface area contributed by atoms with Crippen LogP contribution in [0.2, 0.25) is 0 Å². The maximum atomic E-state index is 5.85. The Balaban J connectivity index is 2.31. The van der Waals surface area contributed by atoms with Gasteiger partial charge in [0.2, 0.25) is 11.8 Å². The summed E-state index contributed by atoms with van der Waals surface area (Å²) in [6.07, 6.45) is 1.74. The SMILES string of the molecule is CCCc1nc(N)c(C)c(Oc2cc(C)[nH]n2)n1. The van der Waals surface area contributed by atoms with E-state index < -0.39 is 0 Å². The minimum absolute atomic E-state index is 0.454. The molecule has 0 unspecified atom stereocenters. The van der Waals surface area contributed by atoms with Gasteiger partial charge in [0.25, 0.3) is 0 Å². The van der Waals surface area contributed by atoms with Crippen molar-refractivity contribution in [3.63, 3.8) is 0 Å². The Morgan fingerprint density at radius 1 is 1.33 bits per heavy atom. The Hall–Kier alpha value is -2.11. The molecule has 96 valence electrons. The van der Waals surface area contributed by atoms with E-state index in [0.717, 1.165) is 24.1 Å². The Morgan fingerprint density at radius 2 is 2.11 bits per heavy atom. The topological polar surface area (TPSA) is 89.7 Å². The van der Waals surface area contributed by atoms with E-state index in [2.05, 4.69) is 27.1 Å². The van der Waals surface area contributed by atoms with Gasteiger partial charge in [0.15, 0.2) is 0 Å². The number of anilines is 1. The summed E-state index contributed by atoms with van der Waals surface area (Å²) < 4.78 is 5.62. The number of rotatable bonds is 4. The van der Waals surface area contributed by atoms with Crippen molar-refractivity contribution in [1.29, 1.82) is 0 Å². The maximum Gasteiger partial charge on any atom is 0.240 e. The smallest absolute Gasteiger partial charge is 0.240 e. The van der Waals surface area contributed by atoms with Gasteiger partial charge in [-0.3, -0.25) is 5.10 Å². The summed E-state index contributed by atoms with van der Waals surface area (Å²) in [5.74, 6) is 2.10. The van der Waals surface area contributed by atoms with Gasteiger partial charge in [-0.25, -0.2) is 4.98 Å². The zero-order valence-electron chi connectivity index (χ0n) is 10.8. The van der Waals surface area contributed by atoms with Crippen molar-refractivity contribution in [2.24, 2.45) is 0 Å². The van der Waals surface area contributed by atoms with Crippen LogP contribution in [0.15, 0.2) is 6.07 Å². The number of aromatic nitrogens is 4. The van der Waals surface area contributed by atoms with Crippen LogP contribution in [-0.4, -0.2) is 20.2 Å². The highest BCUT2D eigenvalue weighted by molar-refractivity contribution is 5.45. The first kappa shape index (κ1) is 12.3. The molecule has 0 aliphatic rings. The quantitative estimate of drug-likeness (QED) is 0.863. The van der Waals surface area contributed by atoms with E-state index in [1.165, 1.54) is 0 Å². The Kier molecular flexibility index (Phi) is 3.45. The van der Waals surface area contributed by atoms with Crippen molar-refractivity contribution < 1.29 is 4.74 Å². The number of nitrogens with two attached hydrogens (primary N) is 1. The lowest BCUT2D eigenvalue weighted by molar-refractivity contribution is 0.436. The Bertz CT molecular complexity index is 549. The zero-order chi connectivity index (χ0) is 13.1. The van der Waals surface area contributed by atoms with Gasteiger partial charge in [-0.15, -0.1) is 5.10 Å². The number of ether oxygens (including phenoxy) is 1. The largest absolute Gasteiger partial charge is 0.419 e. The van der Waals surface area contributed by atoms with Crippen molar-refractivity contribution in [2.75, 3.05) is 5.73 Å². The number of aryl methyl sites for hydroxylation is 2. The molecule has 3 N–H and O–H groups in total. The molecule has 0 spiro atoms. The lowest BCUT2D eigenvalue weighted by atomic mass is 10.3. The highest BCUT2D eigenvalue weighted by Gasteiger charge is 2.11. The Labute approximate surface area is 106 Å². The van der Waals surface area contributed by atoms with Crippen LogP contribution in [0.1, 0.15) is 30.4 Å². The van der Waals surface area contributed by atoms with E-state index in [9.17, 15) is 0 Å². The molecule has 0 fully saturated rings. The van der Waals surface area contributed by atoms with Crippen LogP contribution < -0.4 is 10.5 Å². The van der Waals surface area contributed by atoms with Crippen LogP contribution in [-0.2, 0) is 6.42 Å². The van der Waals surface area contributed by atoms with Gasteiger partial charge in [-0.05, 0) is 20.3 Å². The molecular weight excluding hydrogens is 230 g/mol. The second-order valence-electron chi connectivity index (χ2n) is 4.20. The van der Waals surface area contributed by atoms with Crippen molar-refractivity contribution >= 4 is 5.82 Å². The predicted octanol–water partition coefficient (Wildman–Crippen LogP) is 2.14. The molecule has 0 amide bonds. The predicted molar refractivity (Wildman–Crippen MR) is 68.6 cm³/mol. The molecule has 0 atom stereocenters. The number of aromatic amines is 1. The average molecular weight is 247 g/mol. The van der Waals surface area contributed by atoms with Crippen LogP contribution in [0, 0.1) is 13.8 Å². The molecule has 0 aliphatic carbocycles. The summed E-state index contributed by atoms with van der Waals surface area (Å²) in [4.78, 5) is 8.59. The fourth-order valence-corrected chi connectivity index (χ4v) is 1.54. The van der Waals surface area contributed by atoms with Crippen molar-refractivity contribution in [1.82, 2.24) is 20.2 Å². The van der Waals surface area contributed by atoms with E-state index in [4.69, 9.17) is 10.5 Å². The number of nitrogens with one attached hydrogen (secondary N) is 1. The molecule has 18 heavy (non-hydrogen) atoms. The highest BCUT2D eigenvalue weighted by Crippen LogP contribution is 2.25. The standard InChI is InChI=1S/C12H17N5O/c1-4-5-9-14-11(13)8(3)12(15-9)18-10-6-7(2)16-17-10/h6H,4-5H2,1-3H3,(H,16,17)(H2,13,14,15). The van der Waals surface area contributed by atoms with E-state index in [1.54, 1.807) is 6.07 Å². The van der Waals surface area contributed by atoms with Gasteiger partial charge >= 0.3 is 0 Å². The van der Waals surface area contributed by atoms with Gasteiger partial charge in [-0.2, -0.15) is 4.98 Å². The summed E-state index contributed by atoms with van der Waals surface area (Å²) in [6, 6.07) is 1.80. The first-order valence-electron chi connectivity index (χ1n) is 5.93. The van der Waals surface area contributed by atoms with Gasteiger partial charge in [-0.1, -0.05) is 6.92 Å². The highest BCUT2D eigenvalue weighted by atomic mass is 16.5. The molecule has 0 saturated heterocycles. The summed E-state index contributed by atoms with van der Waals surface area (Å²) in [5.41, 5.74) is 7.51. The Morgan fingerprint density at radius 3 is 2.72 bits per heavy atom. The average Bonchev–Trinajstić information content (AvgIpc) is 2.71. The van der Waals surface area contributed by atoms with Gasteiger partial charge < -0.3 is 10.5 Å². The first-order chi connectivity index (χ1) is 8.60. The minimum Gasteiger partial charge on any atom is -0.419 e. The number of hydrogen-bond donors (Lipinski definition) is 2. The minimum atomic E-state index is 0.454. The molecule has 2 aromatic rings. The van der Waals surface area contributed by atoms with E-state index in [1.807, 2.05) is 13.8 Å². The molecule has 0 saturated carbocycles. The molecule has 2 heterocycles. The number of nitrogens with zero attached hydrogens (tertiary/aromatic N) is 3. The number of hydrogen-bond acceptors (Lipinski definition) is 5. The van der Waals surface area contributed by atoms with Gasteiger partial charge in [0, 0.05) is 18.2 Å². The zero-order valence-corrected chi connectivity index (χ0v) is 10.8. The lowest BCUT2D eigenvalue weighted by Crippen LogP contribution is -2.05. The molecule has 0 radical (unpaired) electrons. The molecule has 6 nitrogen and oxygen atoms in total. The van der Waals surface area contributed by atoms with Crippen molar-refractivity contribution in [2.45, 2.75) is 33.6 Å². The van der Waals surface area contributed by atoms with Crippen molar-refractivity contribution in [3.05, 3.63) is 23.1 Å². The molecule has 6 heteroatoms. The normalized spacial score (nSPS) is 10.6. The van der Waals surface area contributed by atoms with Crippen molar-refractivity contribution in [3.8, 4) is 11.8 Å². The molecule has 2 rings (SSSR count). The molecule has 0 bridgehead atoms. The van der Waals surface area contributed by atoms with Crippen LogP contribution in [0.5, 0.6) is 11.8 Å². The van der Waals surface area contributed by atoms with E-state index in [0.29, 0.717) is 23.4 Å². The van der Waals surface area contributed by atoms with E-state index in [-0.39, 0.29) is 0 Å². The fourth-order valence-electron chi connectivity index (χ4n) is 1.54. The lowest BCUT2D eigenvalue weighted by Gasteiger charge is -2.08. The monoisotopic (exact) mass is 247 g/mol. The second kappa shape index (κ2) is 5.03. The maximum absolute atomic E-state index is 5.85. The van der Waals surface area contributed by atoms with Crippen LogP contribution in [0.25, 0.3) is 0 Å². The van der Waals surface area contributed by atoms with E-state index >= 15 is 0 Å². The van der Waals surface area contributed by atoms with Gasteiger partial charge in [0.1, 0.15) is 11.6 Å². The molecular formula is C12H17N5O. The fraction of sp³-hybridized carbons (Fsp3) is 0.417. The summed E-state index contributed by atoms with van der Waals surface area (Å²) in [6.45, 7) is 5.81. The summed E-state index contributed by atoms with van der Waals surface area (Å²) in [7, 11) is 0. The van der Waals surface area contributed by atoms with Crippen LogP contribution >= 0.6 is 0 Å². The van der Waals surface area contributed by atoms with Gasteiger partial charge in [0.05, 0.1) is 5.56 Å². The number of H-pyrrole nitrogens is 1. The molecule has 2 aromatic heterocycles. The number of nitrogen functional groups attached to an aromatic ring is 1. The third-order valence-corrected chi connectivity index (χ3v) is 2.54. The third kappa shape index (κ3) is 2.58. The van der Waals surface area contributed by atoms with Crippen LogP contribution in [0.3, 0.4) is 0 Å². The van der Waals surface area contributed by atoms with Crippen LogP contribution in [0.4, 0.5) is 5.82 Å². The summed E-state index contributed by atoms with van der Waals surface area (Å²) >= 11 is 0. The molecule has 0 aromatic carbocycles. The molecule has 0 aliphatic heterocycles. The summed E-state index contributed by atoms with van der Waals surface area (Å²) in [5, 5.41) is 6.82.